The zero-order valence-electron chi connectivity index (χ0n) is 12.9. The van der Waals surface area contributed by atoms with Crippen LogP contribution < -0.4 is 5.32 Å². The highest BCUT2D eigenvalue weighted by Gasteiger charge is 2.20. The summed E-state index contributed by atoms with van der Waals surface area (Å²) in [7, 11) is 0. The lowest BCUT2D eigenvalue weighted by Gasteiger charge is -2.13. The summed E-state index contributed by atoms with van der Waals surface area (Å²) in [6.45, 7) is 4.26. The molecule has 4 rings (SSSR count). The van der Waals surface area contributed by atoms with Crippen LogP contribution in [0.5, 0.6) is 0 Å². The summed E-state index contributed by atoms with van der Waals surface area (Å²) in [6, 6.07) is 6.47. The Hall–Kier alpha value is -1.94. The SMILES string of the molecule is Cc1ccc(Nc2ncnc3sc4c(c23)CCCC4)c(C)c1. The van der Waals surface area contributed by atoms with Crippen LogP contribution in [-0.4, -0.2) is 9.97 Å². The maximum Gasteiger partial charge on any atom is 0.142 e. The van der Waals surface area contributed by atoms with Gasteiger partial charge >= 0.3 is 0 Å². The van der Waals surface area contributed by atoms with Gasteiger partial charge in [0, 0.05) is 10.6 Å². The van der Waals surface area contributed by atoms with E-state index in [1.807, 2.05) is 11.3 Å². The molecule has 0 saturated heterocycles. The first-order valence-electron chi connectivity index (χ1n) is 7.82. The van der Waals surface area contributed by atoms with E-state index in [9.17, 15) is 0 Å². The number of nitrogens with zero attached hydrogens (tertiary/aromatic N) is 2. The fraction of sp³-hybridized carbons (Fsp3) is 0.333. The molecule has 0 saturated carbocycles. The first-order chi connectivity index (χ1) is 10.7. The number of aromatic nitrogens is 2. The molecule has 0 fully saturated rings. The van der Waals surface area contributed by atoms with Gasteiger partial charge in [-0.05, 0) is 56.7 Å². The van der Waals surface area contributed by atoms with E-state index in [1.54, 1.807) is 6.33 Å². The van der Waals surface area contributed by atoms with Crippen molar-refractivity contribution < 1.29 is 0 Å². The van der Waals surface area contributed by atoms with Crippen molar-refractivity contribution in [3.63, 3.8) is 0 Å². The van der Waals surface area contributed by atoms with Crippen LogP contribution >= 0.6 is 11.3 Å². The Labute approximate surface area is 134 Å². The second-order valence-corrected chi connectivity index (χ2v) is 7.14. The van der Waals surface area contributed by atoms with E-state index in [-0.39, 0.29) is 0 Å². The van der Waals surface area contributed by atoms with E-state index in [4.69, 9.17) is 0 Å². The van der Waals surface area contributed by atoms with Crippen LogP contribution in [0.1, 0.15) is 34.4 Å². The third-order valence-corrected chi connectivity index (χ3v) is 5.59. The van der Waals surface area contributed by atoms with Crippen LogP contribution in [0.3, 0.4) is 0 Å². The van der Waals surface area contributed by atoms with Crippen molar-refractivity contribution >= 4 is 33.1 Å². The van der Waals surface area contributed by atoms with Gasteiger partial charge in [-0.15, -0.1) is 11.3 Å². The van der Waals surface area contributed by atoms with Crippen molar-refractivity contribution in [3.8, 4) is 0 Å². The van der Waals surface area contributed by atoms with Crippen LogP contribution in [0, 0.1) is 13.8 Å². The van der Waals surface area contributed by atoms with Crippen molar-refractivity contribution in [2.75, 3.05) is 5.32 Å². The molecule has 0 aliphatic heterocycles. The monoisotopic (exact) mass is 309 g/mol. The van der Waals surface area contributed by atoms with E-state index >= 15 is 0 Å². The van der Waals surface area contributed by atoms with Gasteiger partial charge in [0.15, 0.2) is 0 Å². The average Bonchev–Trinajstić information content (AvgIpc) is 2.89. The van der Waals surface area contributed by atoms with Gasteiger partial charge in [0.1, 0.15) is 17.0 Å². The molecule has 1 aliphatic carbocycles. The number of thiophene rings is 1. The summed E-state index contributed by atoms with van der Waals surface area (Å²) in [5.41, 5.74) is 5.13. The standard InChI is InChI=1S/C18H19N3S/c1-11-7-8-14(12(2)9-11)21-17-16-13-5-3-4-6-15(13)22-18(16)20-10-19-17/h7-10H,3-6H2,1-2H3,(H,19,20,21). The maximum absolute atomic E-state index is 4.53. The third-order valence-electron chi connectivity index (χ3n) is 4.39. The number of rotatable bonds is 2. The molecule has 1 N–H and O–H groups in total. The number of benzene rings is 1. The van der Waals surface area contributed by atoms with Crippen molar-refractivity contribution in [2.24, 2.45) is 0 Å². The number of anilines is 2. The van der Waals surface area contributed by atoms with Crippen molar-refractivity contribution in [3.05, 3.63) is 46.1 Å². The molecule has 0 unspecified atom stereocenters. The zero-order chi connectivity index (χ0) is 15.1. The Balaban J connectivity index is 1.83. The molecule has 22 heavy (non-hydrogen) atoms. The molecular formula is C18H19N3S. The molecule has 2 heterocycles. The Morgan fingerprint density at radius 1 is 1.09 bits per heavy atom. The molecule has 3 nitrogen and oxygen atoms in total. The number of nitrogens with one attached hydrogen (secondary N) is 1. The highest BCUT2D eigenvalue weighted by Crippen LogP contribution is 2.39. The average molecular weight is 309 g/mol. The predicted molar refractivity (Wildman–Crippen MR) is 93.3 cm³/mol. The summed E-state index contributed by atoms with van der Waals surface area (Å²) >= 11 is 1.84. The lowest BCUT2D eigenvalue weighted by molar-refractivity contribution is 0.700. The number of hydrogen-bond acceptors (Lipinski definition) is 4. The largest absolute Gasteiger partial charge is 0.339 e. The lowest BCUT2D eigenvalue weighted by Crippen LogP contribution is -2.01. The first kappa shape index (κ1) is 13.7. The summed E-state index contributed by atoms with van der Waals surface area (Å²) in [5.74, 6) is 0.955. The molecule has 0 amide bonds. The normalized spacial score (nSPS) is 14.1. The molecule has 1 aromatic carbocycles. The van der Waals surface area contributed by atoms with E-state index < -0.39 is 0 Å². The minimum Gasteiger partial charge on any atom is -0.339 e. The molecular weight excluding hydrogens is 290 g/mol. The summed E-state index contributed by atoms with van der Waals surface area (Å²) < 4.78 is 0. The van der Waals surface area contributed by atoms with E-state index in [0.29, 0.717) is 0 Å². The van der Waals surface area contributed by atoms with E-state index in [0.717, 1.165) is 22.8 Å². The van der Waals surface area contributed by atoms with E-state index in [1.165, 1.54) is 46.2 Å². The summed E-state index contributed by atoms with van der Waals surface area (Å²) in [5, 5.41) is 4.77. The van der Waals surface area contributed by atoms with Crippen LogP contribution in [-0.2, 0) is 12.8 Å². The maximum atomic E-state index is 4.53. The Bertz CT molecular complexity index is 851. The molecule has 3 aromatic rings. The topological polar surface area (TPSA) is 37.8 Å². The van der Waals surface area contributed by atoms with Crippen molar-refractivity contribution in [2.45, 2.75) is 39.5 Å². The van der Waals surface area contributed by atoms with Gasteiger partial charge in [-0.3, -0.25) is 0 Å². The van der Waals surface area contributed by atoms with Gasteiger partial charge in [0.05, 0.1) is 5.39 Å². The number of fused-ring (bicyclic) bond motifs is 3. The van der Waals surface area contributed by atoms with Crippen LogP contribution in [0.4, 0.5) is 11.5 Å². The molecule has 2 aromatic heterocycles. The Morgan fingerprint density at radius 3 is 2.82 bits per heavy atom. The first-order valence-corrected chi connectivity index (χ1v) is 8.63. The Kier molecular flexibility index (Phi) is 3.34. The van der Waals surface area contributed by atoms with Crippen LogP contribution in [0.15, 0.2) is 24.5 Å². The molecule has 1 aliphatic rings. The molecule has 0 spiro atoms. The quantitative estimate of drug-likeness (QED) is 0.729. The fourth-order valence-corrected chi connectivity index (χ4v) is 4.50. The lowest BCUT2D eigenvalue weighted by atomic mass is 9.97. The van der Waals surface area contributed by atoms with Crippen LogP contribution in [0.2, 0.25) is 0 Å². The van der Waals surface area contributed by atoms with Gasteiger partial charge in [-0.2, -0.15) is 0 Å². The minimum absolute atomic E-state index is 0.955. The molecule has 0 radical (unpaired) electrons. The second kappa shape index (κ2) is 5.36. The third kappa shape index (κ3) is 2.28. The summed E-state index contributed by atoms with van der Waals surface area (Å²) in [4.78, 5) is 11.6. The highest BCUT2D eigenvalue weighted by atomic mass is 32.1. The second-order valence-electron chi connectivity index (χ2n) is 6.06. The van der Waals surface area contributed by atoms with Gasteiger partial charge in [0.2, 0.25) is 0 Å². The van der Waals surface area contributed by atoms with Gasteiger partial charge in [-0.1, -0.05) is 17.7 Å². The van der Waals surface area contributed by atoms with Crippen molar-refractivity contribution in [1.82, 2.24) is 9.97 Å². The zero-order valence-corrected chi connectivity index (χ0v) is 13.8. The highest BCUT2D eigenvalue weighted by molar-refractivity contribution is 7.19. The van der Waals surface area contributed by atoms with E-state index in [2.05, 4.69) is 47.3 Å². The minimum atomic E-state index is 0.955. The molecule has 0 atom stereocenters. The molecule has 112 valence electrons. The smallest absolute Gasteiger partial charge is 0.142 e. The van der Waals surface area contributed by atoms with Gasteiger partial charge in [0.25, 0.3) is 0 Å². The predicted octanol–water partition coefficient (Wildman–Crippen LogP) is 4.93. The molecule has 0 bridgehead atoms. The molecule has 4 heteroatoms. The fourth-order valence-electron chi connectivity index (χ4n) is 3.27. The Morgan fingerprint density at radius 2 is 1.95 bits per heavy atom. The number of aryl methyl sites for hydroxylation is 4. The van der Waals surface area contributed by atoms with Gasteiger partial charge < -0.3 is 5.32 Å². The number of hydrogen-bond donors (Lipinski definition) is 1. The van der Waals surface area contributed by atoms with Crippen LogP contribution in [0.25, 0.3) is 10.2 Å². The van der Waals surface area contributed by atoms with Crippen molar-refractivity contribution in [1.29, 1.82) is 0 Å². The summed E-state index contributed by atoms with van der Waals surface area (Å²) in [6.07, 6.45) is 6.60. The van der Waals surface area contributed by atoms with Gasteiger partial charge in [-0.25, -0.2) is 9.97 Å².